The minimum atomic E-state index is -0.531. The minimum absolute atomic E-state index is 0.105. The second kappa shape index (κ2) is 5.16. The number of thiophene rings is 1. The van der Waals surface area contributed by atoms with Gasteiger partial charge in [0.25, 0.3) is 0 Å². The van der Waals surface area contributed by atoms with Gasteiger partial charge in [-0.25, -0.2) is 0 Å². The van der Waals surface area contributed by atoms with E-state index in [4.69, 9.17) is 0 Å². The summed E-state index contributed by atoms with van der Waals surface area (Å²) in [6.45, 7) is 2.43. The van der Waals surface area contributed by atoms with E-state index < -0.39 is 5.54 Å². The summed E-state index contributed by atoms with van der Waals surface area (Å²) in [5.41, 5.74) is -0.531. The first kappa shape index (κ1) is 12.5. The van der Waals surface area contributed by atoms with Crippen LogP contribution in [0.25, 0.3) is 0 Å². The van der Waals surface area contributed by atoms with Gasteiger partial charge in [-0.2, -0.15) is 0 Å². The maximum absolute atomic E-state index is 12.2. The molecule has 1 atom stereocenters. The average Bonchev–Trinajstić information content (AvgIpc) is 2.82. The highest BCUT2D eigenvalue weighted by molar-refractivity contribution is 7.10. The van der Waals surface area contributed by atoms with Gasteiger partial charge in [-0.3, -0.25) is 10.1 Å². The standard InChI is InChI=1S/C12H19N3OS/c1-15(2)8-5-12(10-4-3-9-17-10)11(16)13-6-7-14-12/h3-4,9,14H,5-8H2,1-2H3,(H,13,16). The van der Waals surface area contributed by atoms with Crippen LogP contribution in [0.15, 0.2) is 17.5 Å². The summed E-state index contributed by atoms with van der Waals surface area (Å²) in [5.74, 6) is 0.105. The van der Waals surface area contributed by atoms with Crippen molar-refractivity contribution < 1.29 is 4.79 Å². The number of carbonyl (C=O) groups excluding carboxylic acids is 1. The van der Waals surface area contributed by atoms with Crippen molar-refractivity contribution in [2.45, 2.75) is 12.0 Å². The lowest BCUT2D eigenvalue weighted by atomic mass is 9.90. The fourth-order valence-corrected chi connectivity index (χ4v) is 3.05. The van der Waals surface area contributed by atoms with Crippen LogP contribution in [0.5, 0.6) is 0 Å². The number of hydrogen-bond acceptors (Lipinski definition) is 4. The fraction of sp³-hybridized carbons (Fsp3) is 0.583. The van der Waals surface area contributed by atoms with Crippen molar-refractivity contribution in [3.63, 3.8) is 0 Å². The molecule has 1 unspecified atom stereocenters. The van der Waals surface area contributed by atoms with Crippen LogP contribution in [-0.2, 0) is 10.3 Å². The lowest BCUT2D eigenvalue weighted by Crippen LogP contribution is -2.61. The van der Waals surface area contributed by atoms with Gasteiger partial charge < -0.3 is 10.2 Å². The third-order valence-corrected chi connectivity index (χ3v) is 4.13. The third kappa shape index (κ3) is 2.51. The van der Waals surface area contributed by atoms with Crippen LogP contribution in [0.3, 0.4) is 0 Å². The molecule has 0 radical (unpaired) electrons. The molecule has 1 aliphatic rings. The molecule has 1 saturated heterocycles. The van der Waals surface area contributed by atoms with Crippen LogP contribution in [0.2, 0.25) is 0 Å². The topological polar surface area (TPSA) is 44.4 Å². The van der Waals surface area contributed by atoms with Gasteiger partial charge in [0, 0.05) is 24.5 Å². The van der Waals surface area contributed by atoms with Crippen LogP contribution < -0.4 is 10.6 Å². The summed E-state index contributed by atoms with van der Waals surface area (Å²) in [6.07, 6.45) is 0.798. The Labute approximate surface area is 106 Å². The minimum Gasteiger partial charge on any atom is -0.353 e. The number of nitrogens with zero attached hydrogens (tertiary/aromatic N) is 1. The van der Waals surface area contributed by atoms with Crippen LogP contribution in [0.1, 0.15) is 11.3 Å². The van der Waals surface area contributed by atoms with Gasteiger partial charge in [0.1, 0.15) is 5.54 Å². The second-order valence-corrected chi connectivity index (χ2v) is 5.57. The normalized spacial score (nSPS) is 25.0. The van der Waals surface area contributed by atoms with E-state index >= 15 is 0 Å². The quantitative estimate of drug-likeness (QED) is 0.826. The first-order valence-corrected chi connectivity index (χ1v) is 6.75. The van der Waals surface area contributed by atoms with Crippen LogP contribution >= 0.6 is 11.3 Å². The molecule has 0 spiro atoms. The van der Waals surface area contributed by atoms with E-state index in [1.165, 1.54) is 0 Å². The molecular formula is C12H19N3OS. The van der Waals surface area contributed by atoms with E-state index in [2.05, 4.69) is 15.5 Å². The Bertz CT molecular complexity index is 377. The Morgan fingerprint density at radius 1 is 1.47 bits per heavy atom. The number of amides is 1. The van der Waals surface area contributed by atoms with Crippen molar-refractivity contribution in [3.05, 3.63) is 22.4 Å². The smallest absolute Gasteiger partial charge is 0.245 e. The van der Waals surface area contributed by atoms with Gasteiger partial charge >= 0.3 is 0 Å². The molecule has 1 aromatic heterocycles. The number of nitrogens with one attached hydrogen (secondary N) is 2. The summed E-state index contributed by atoms with van der Waals surface area (Å²) in [6, 6.07) is 4.04. The summed E-state index contributed by atoms with van der Waals surface area (Å²) >= 11 is 1.64. The maximum Gasteiger partial charge on any atom is 0.245 e. The van der Waals surface area contributed by atoms with Gasteiger partial charge in [0.15, 0.2) is 0 Å². The van der Waals surface area contributed by atoms with Crippen LogP contribution in [0.4, 0.5) is 0 Å². The molecule has 1 aliphatic heterocycles. The van der Waals surface area contributed by atoms with Crippen molar-refractivity contribution in [1.29, 1.82) is 0 Å². The average molecular weight is 253 g/mol. The highest BCUT2D eigenvalue weighted by atomic mass is 32.1. The zero-order valence-corrected chi connectivity index (χ0v) is 11.1. The molecule has 17 heavy (non-hydrogen) atoms. The molecule has 5 heteroatoms. The Balaban J connectivity index is 2.25. The third-order valence-electron chi connectivity index (χ3n) is 3.10. The van der Waals surface area contributed by atoms with Gasteiger partial charge in [0.05, 0.1) is 0 Å². The van der Waals surface area contributed by atoms with Crippen LogP contribution in [0, 0.1) is 0 Å². The Kier molecular flexibility index (Phi) is 3.81. The SMILES string of the molecule is CN(C)CCC1(c2cccs2)NCCNC1=O. The number of rotatable bonds is 4. The Morgan fingerprint density at radius 2 is 2.29 bits per heavy atom. The zero-order chi connectivity index (χ0) is 12.3. The first-order chi connectivity index (χ1) is 8.15. The van der Waals surface area contributed by atoms with Crippen molar-refractivity contribution in [2.75, 3.05) is 33.7 Å². The number of carbonyl (C=O) groups is 1. The van der Waals surface area contributed by atoms with E-state index in [1.807, 2.05) is 31.6 Å². The molecular weight excluding hydrogens is 234 g/mol. The first-order valence-electron chi connectivity index (χ1n) is 5.87. The molecule has 4 nitrogen and oxygen atoms in total. The largest absolute Gasteiger partial charge is 0.353 e. The molecule has 0 saturated carbocycles. The van der Waals surface area contributed by atoms with E-state index in [1.54, 1.807) is 11.3 Å². The summed E-state index contributed by atoms with van der Waals surface area (Å²) in [5, 5.41) is 8.41. The molecule has 1 aromatic rings. The van der Waals surface area contributed by atoms with Crippen molar-refractivity contribution in [2.24, 2.45) is 0 Å². The number of piperazine rings is 1. The van der Waals surface area contributed by atoms with Gasteiger partial charge in [-0.1, -0.05) is 6.07 Å². The molecule has 0 aliphatic carbocycles. The Hall–Kier alpha value is -0.910. The summed E-state index contributed by atoms with van der Waals surface area (Å²) < 4.78 is 0. The van der Waals surface area contributed by atoms with E-state index in [9.17, 15) is 4.79 Å². The zero-order valence-electron chi connectivity index (χ0n) is 10.3. The highest BCUT2D eigenvalue weighted by Crippen LogP contribution is 2.30. The fourth-order valence-electron chi connectivity index (χ4n) is 2.12. The molecule has 1 fully saturated rings. The van der Waals surface area contributed by atoms with E-state index in [0.717, 1.165) is 24.4 Å². The predicted molar refractivity (Wildman–Crippen MR) is 70.2 cm³/mol. The summed E-state index contributed by atoms with van der Waals surface area (Å²) in [7, 11) is 4.06. The molecule has 1 amide bonds. The molecule has 94 valence electrons. The monoisotopic (exact) mass is 253 g/mol. The second-order valence-electron chi connectivity index (χ2n) is 4.62. The van der Waals surface area contributed by atoms with Crippen molar-refractivity contribution >= 4 is 17.2 Å². The van der Waals surface area contributed by atoms with Crippen molar-refractivity contribution in [1.82, 2.24) is 15.5 Å². The van der Waals surface area contributed by atoms with Crippen LogP contribution in [-0.4, -0.2) is 44.5 Å². The van der Waals surface area contributed by atoms with Gasteiger partial charge in [-0.05, 0) is 32.0 Å². The molecule has 2 rings (SSSR count). The predicted octanol–water partition coefficient (Wildman–Crippen LogP) is 0.614. The molecule has 2 N–H and O–H groups in total. The molecule has 0 aromatic carbocycles. The lowest BCUT2D eigenvalue weighted by molar-refractivity contribution is -0.130. The maximum atomic E-state index is 12.2. The Morgan fingerprint density at radius 3 is 2.88 bits per heavy atom. The summed E-state index contributed by atoms with van der Waals surface area (Å²) in [4.78, 5) is 15.5. The number of hydrogen-bond donors (Lipinski definition) is 2. The lowest BCUT2D eigenvalue weighted by Gasteiger charge is -2.37. The van der Waals surface area contributed by atoms with E-state index in [-0.39, 0.29) is 5.91 Å². The van der Waals surface area contributed by atoms with Crippen molar-refractivity contribution in [3.8, 4) is 0 Å². The highest BCUT2D eigenvalue weighted by Gasteiger charge is 2.42. The molecule has 0 bridgehead atoms. The van der Waals surface area contributed by atoms with E-state index in [0.29, 0.717) is 6.54 Å². The van der Waals surface area contributed by atoms with Gasteiger partial charge in [0.2, 0.25) is 5.91 Å². The van der Waals surface area contributed by atoms with Gasteiger partial charge in [-0.15, -0.1) is 11.3 Å². The molecule has 2 heterocycles.